The van der Waals surface area contributed by atoms with Crippen molar-refractivity contribution in [1.29, 1.82) is 0 Å². The van der Waals surface area contributed by atoms with E-state index in [-0.39, 0.29) is 0 Å². The minimum absolute atomic E-state index is 0.675. The van der Waals surface area contributed by atoms with Crippen molar-refractivity contribution in [2.45, 2.75) is 0 Å². The van der Waals surface area contributed by atoms with Crippen molar-refractivity contribution < 1.29 is 9.30 Å². The summed E-state index contributed by atoms with van der Waals surface area (Å²) in [7, 11) is 1.96. The lowest BCUT2D eigenvalue weighted by atomic mass is 10.3. The molecular weight excluding hydrogens is 210 g/mol. The minimum atomic E-state index is 0.675. The molecule has 0 amide bonds. The first-order chi connectivity index (χ1) is 7.24. The number of aryl methyl sites for hydroxylation is 1. The first-order valence-corrected chi connectivity index (χ1v) is 5.00. The molecule has 0 spiro atoms. The third-order valence-electron chi connectivity index (χ3n) is 1.98. The highest BCUT2D eigenvalue weighted by molar-refractivity contribution is 6.30. The monoisotopic (exact) mass is 220 g/mol. The molecule has 0 saturated carbocycles. The van der Waals surface area contributed by atoms with Crippen LogP contribution in [0.4, 0.5) is 0 Å². The van der Waals surface area contributed by atoms with Crippen molar-refractivity contribution in [1.82, 2.24) is 0 Å². The van der Waals surface area contributed by atoms with Crippen molar-refractivity contribution in [3.05, 3.63) is 53.8 Å². The number of halogens is 1. The zero-order valence-corrected chi connectivity index (χ0v) is 9.11. The fourth-order valence-corrected chi connectivity index (χ4v) is 1.40. The zero-order chi connectivity index (χ0) is 10.7. The molecule has 2 rings (SSSR count). The highest BCUT2D eigenvalue weighted by Gasteiger charge is 1.99. The summed E-state index contributed by atoms with van der Waals surface area (Å²) in [6.45, 7) is 0. The molecule has 3 heteroatoms. The van der Waals surface area contributed by atoms with Crippen LogP contribution in [0, 0.1) is 0 Å². The molecule has 0 aliphatic carbocycles. The average molecular weight is 221 g/mol. The van der Waals surface area contributed by atoms with E-state index in [0.29, 0.717) is 5.02 Å². The number of aromatic nitrogens is 1. The van der Waals surface area contributed by atoms with E-state index in [4.69, 9.17) is 16.3 Å². The third kappa shape index (κ3) is 2.70. The summed E-state index contributed by atoms with van der Waals surface area (Å²) in [5, 5.41) is 0.675. The molecule has 0 bridgehead atoms. The molecule has 0 fully saturated rings. The van der Waals surface area contributed by atoms with Crippen LogP contribution in [0.2, 0.25) is 5.02 Å². The Balaban J connectivity index is 2.18. The van der Waals surface area contributed by atoms with E-state index in [1.54, 1.807) is 6.07 Å². The molecule has 76 valence electrons. The molecule has 1 aromatic carbocycles. The summed E-state index contributed by atoms with van der Waals surface area (Å²) < 4.78 is 7.57. The maximum Gasteiger partial charge on any atom is 0.172 e. The molecule has 2 aromatic rings. The van der Waals surface area contributed by atoms with Crippen LogP contribution in [0.1, 0.15) is 0 Å². The second-order valence-corrected chi connectivity index (χ2v) is 3.70. The van der Waals surface area contributed by atoms with Crippen LogP contribution in [-0.2, 0) is 7.05 Å². The lowest BCUT2D eigenvalue weighted by Crippen LogP contribution is -2.25. The van der Waals surface area contributed by atoms with Gasteiger partial charge in [-0.15, -0.1) is 0 Å². The van der Waals surface area contributed by atoms with Crippen molar-refractivity contribution >= 4 is 11.6 Å². The number of nitrogens with zero attached hydrogens (tertiary/aromatic N) is 1. The molecular formula is C12H11ClNO+. The first kappa shape index (κ1) is 9.99. The second kappa shape index (κ2) is 4.32. The number of ether oxygens (including phenoxy) is 1. The fourth-order valence-electron chi connectivity index (χ4n) is 1.22. The van der Waals surface area contributed by atoms with E-state index in [0.717, 1.165) is 11.5 Å². The Bertz CT molecular complexity index is 453. The normalized spacial score (nSPS) is 10.0. The highest BCUT2D eigenvalue weighted by Crippen LogP contribution is 2.22. The lowest BCUT2D eigenvalue weighted by Gasteiger charge is -2.04. The highest BCUT2D eigenvalue weighted by atomic mass is 35.5. The summed E-state index contributed by atoms with van der Waals surface area (Å²) in [5.74, 6) is 1.55. The van der Waals surface area contributed by atoms with Gasteiger partial charge in [-0.25, -0.2) is 4.57 Å². The van der Waals surface area contributed by atoms with Crippen LogP contribution >= 0.6 is 11.6 Å². The molecule has 0 unspecified atom stereocenters. The summed E-state index contributed by atoms with van der Waals surface area (Å²) in [4.78, 5) is 0. The van der Waals surface area contributed by atoms with Gasteiger partial charge in [-0.05, 0) is 18.2 Å². The lowest BCUT2D eigenvalue weighted by molar-refractivity contribution is -0.671. The van der Waals surface area contributed by atoms with Gasteiger partial charge in [0.2, 0.25) is 0 Å². The average Bonchev–Trinajstić information content (AvgIpc) is 2.22. The summed E-state index contributed by atoms with van der Waals surface area (Å²) in [6.07, 6.45) is 3.86. The Labute approximate surface area is 93.7 Å². The molecule has 15 heavy (non-hydrogen) atoms. The van der Waals surface area contributed by atoms with Crippen molar-refractivity contribution in [3.8, 4) is 11.5 Å². The Morgan fingerprint density at radius 3 is 2.47 bits per heavy atom. The summed E-state index contributed by atoms with van der Waals surface area (Å²) in [6, 6.07) is 11.1. The molecule has 0 N–H and O–H groups in total. The van der Waals surface area contributed by atoms with E-state index in [2.05, 4.69) is 0 Å². The van der Waals surface area contributed by atoms with Gasteiger partial charge in [0.15, 0.2) is 12.4 Å². The quantitative estimate of drug-likeness (QED) is 0.710. The van der Waals surface area contributed by atoms with Crippen molar-refractivity contribution in [3.63, 3.8) is 0 Å². The van der Waals surface area contributed by atoms with Crippen LogP contribution < -0.4 is 9.30 Å². The molecule has 1 aromatic heterocycles. The fraction of sp³-hybridized carbons (Fsp3) is 0.0833. The van der Waals surface area contributed by atoms with Gasteiger partial charge in [-0.2, -0.15) is 0 Å². The van der Waals surface area contributed by atoms with Crippen LogP contribution in [0.15, 0.2) is 48.8 Å². The van der Waals surface area contributed by atoms with Crippen LogP contribution in [0.5, 0.6) is 11.5 Å². The third-order valence-corrected chi connectivity index (χ3v) is 2.21. The Hall–Kier alpha value is -1.54. The van der Waals surface area contributed by atoms with Gasteiger partial charge < -0.3 is 4.74 Å². The molecule has 0 radical (unpaired) electrons. The van der Waals surface area contributed by atoms with E-state index in [1.807, 2.05) is 54.3 Å². The Kier molecular flexibility index (Phi) is 2.88. The molecule has 1 heterocycles. The number of hydrogen-bond donors (Lipinski definition) is 0. The van der Waals surface area contributed by atoms with Gasteiger partial charge >= 0.3 is 0 Å². The number of rotatable bonds is 2. The maximum absolute atomic E-state index is 5.85. The smallest absolute Gasteiger partial charge is 0.172 e. The molecule has 0 saturated heterocycles. The molecule has 0 atom stereocenters. The van der Waals surface area contributed by atoms with Gasteiger partial charge in [0.1, 0.15) is 18.5 Å². The SMILES string of the molecule is C[n+]1ccc(Oc2cccc(Cl)c2)cc1. The maximum atomic E-state index is 5.85. The van der Waals surface area contributed by atoms with Crippen LogP contribution in [0.3, 0.4) is 0 Å². The standard InChI is InChI=1S/C12H11ClNO/c1-14-7-5-11(6-8-14)15-12-4-2-3-10(13)9-12/h2-9H,1H3/q+1. The van der Waals surface area contributed by atoms with E-state index >= 15 is 0 Å². The van der Waals surface area contributed by atoms with Crippen LogP contribution in [-0.4, -0.2) is 0 Å². The zero-order valence-electron chi connectivity index (χ0n) is 8.35. The molecule has 2 nitrogen and oxygen atoms in total. The van der Waals surface area contributed by atoms with Crippen molar-refractivity contribution in [2.75, 3.05) is 0 Å². The molecule has 0 aliphatic rings. The van der Waals surface area contributed by atoms with E-state index in [9.17, 15) is 0 Å². The van der Waals surface area contributed by atoms with Gasteiger partial charge in [-0.1, -0.05) is 17.7 Å². The minimum Gasteiger partial charge on any atom is -0.457 e. The van der Waals surface area contributed by atoms with E-state index in [1.165, 1.54) is 0 Å². The van der Waals surface area contributed by atoms with Crippen molar-refractivity contribution in [2.24, 2.45) is 7.05 Å². The number of pyridine rings is 1. The predicted octanol–water partition coefficient (Wildman–Crippen LogP) is 2.96. The largest absolute Gasteiger partial charge is 0.457 e. The van der Waals surface area contributed by atoms with Gasteiger partial charge in [-0.3, -0.25) is 0 Å². The van der Waals surface area contributed by atoms with Gasteiger partial charge in [0.25, 0.3) is 0 Å². The first-order valence-electron chi connectivity index (χ1n) is 4.63. The second-order valence-electron chi connectivity index (χ2n) is 3.26. The van der Waals surface area contributed by atoms with Gasteiger partial charge in [0, 0.05) is 17.2 Å². The Morgan fingerprint density at radius 2 is 1.80 bits per heavy atom. The van der Waals surface area contributed by atoms with Gasteiger partial charge in [0.05, 0.1) is 0 Å². The summed E-state index contributed by atoms with van der Waals surface area (Å²) >= 11 is 5.85. The Morgan fingerprint density at radius 1 is 1.07 bits per heavy atom. The van der Waals surface area contributed by atoms with E-state index < -0.39 is 0 Å². The topological polar surface area (TPSA) is 13.1 Å². The number of benzene rings is 1. The van der Waals surface area contributed by atoms with Crippen LogP contribution in [0.25, 0.3) is 0 Å². The summed E-state index contributed by atoms with van der Waals surface area (Å²) in [5.41, 5.74) is 0. The molecule has 0 aliphatic heterocycles. The predicted molar refractivity (Wildman–Crippen MR) is 59.1 cm³/mol. The number of hydrogen-bond acceptors (Lipinski definition) is 1.